The number of nitrogens with zero attached hydrogens (tertiary/aromatic N) is 3. The monoisotopic (exact) mass is 362 g/mol. The minimum absolute atomic E-state index is 0.0270. The van der Waals surface area contributed by atoms with Crippen molar-refractivity contribution in [3.05, 3.63) is 76.2 Å². The fraction of sp³-hybridized carbons (Fsp3) is 0.286. The third-order valence-corrected chi connectivity index (χ3v) is 5.05. The van der Waals surface area contributed by atoms with Gasteiger partial charge in [0, 0.05) is 32.7 Å². The Kier molecular flexibility index (Phi) is 4.73. The van der Waals surface area contributed by atoms with Crippen LogP contribution in [0.4, 0.5) is 0 Å². The highest BCUT2D eigenvalue weighted by molar-refractivity contribution is 5.94. The largest absolute Gasteiger partial charge is 0.346 e. The van der Waals surface area contributed by atoms with Crippen molar-refractivity contribution < 1.29 is 4.79 Å². The van der Waals surface area contributed by atoms with E-state index in [0.717, 1.165) is 26.1 Å². The molecule has 3 aromatic rings. The molecule has 6 heteroatoms. The molecule has 2 heterocycles. The Labute approximate surface area is 157 Å². The van der Waals surface area contributed by atoms with Gasteiger partial charge < -0.3 is 9.88 Å². The molecule has 1 saturated heterocycles. The van der Waals surface area contributed by atoms with Crippen LogP contribution in [0.1, 0.15) is 22.5 Å². The number of carbonyl (C=O) groups is 1. The van der Waals surface area contributed by atoms with Crippen molar-refractivity contribution in [3.8, 4) is 0 Å². The molecular formula is C21H22N4O2. The van der Waals surface area contributed by atoms with Crippen LogP contribution in [0.25, 0.3) is 11.0 Å². The van der Waals surface area contributed by atoms with E-state index in [1.165, 1.54) is 10.1 Å². The second-order valence-corrected chi connectivity index (χ2v) is 6.99. The first-order valence-electron chi connectivity index (χ1n) is 9.15. The minimum Gasteiger partial charge on any atom is -0.346 e. The van der Waals surface area contributed by atoms with Gasteiger partial charge in [-0.3, -0.25) is 14.5 Å². The van der Waals surface area contributed by atoms with E-state index in [1.807, 2.05) is 42.5 Å². The fourth-order valence-corrected chi connectivity index (χ4v) is 3.62. The van der Waals surface area contributed by atoms with E-state index in [0.29, 0.717) is 11.0 Å². The zero-order chi connectivity index (χ0) is 18.8. The topological polar surface area (TPSA) is 67.2 Å². The zero-order valence-electron chi connectivity index (χ0n) is 15.3. The summed E-state index contributed by atoms with van der Waals surface area (Å²) in [7, 11) is 1.67. The number of amides is 1. The third-order valence-electron chi connectivity index (χ3n) is 5.05. The lowest BCUT2D eigenvalue weighted by atomic mass is 10.2. The summed E-state index contributed by atoms with van der Waals surface area (Å²) in [5, 5.41) is 2.99. The first-order chi connectivity index (χ1) is 13.1. The Bertz CT molecular complexity index is 1030. The van der Waals surface area contributed by atoms with Gasteiger partial charge in [-0.25, -0.2) is 4.98 Å². The molecular weight excluding hydrogens is 340 g/mol. The third kappa shape index (κ3) is 3.61. The van der Waals surface area contributed by atoms with Gasteiger partial charge in [-0.2, -0.15) is 0 Å². The summed E-state index contributed by atoms with van der Waals surface area (Å²) in [6, 6.07) is 17.6. The summed E-state index contributed by atoms with van der Waals surface area (Å²) >= 11 is 0. The van der Waals surface area contributed by atoms with Gasteiger partial charge in [0.1, 0.15) is 0 Å². The summed E-state index contributed by atoms with van der Waals surface area (Å²) in [6.07, 6.45) is 0.868. The van der Waals surface area contributed by atoms with Crippen LogP contribution < -0.4 is 10.9 Å². The highest BCUT2D eigenvalue weighted by Crippen LogP contribution is 2.14. The Balaban J connectivity index is 1.46. The lowest BCUT2D eigenvalue weighted by Crippen LogP contribution is -2.41. The Morgan fingerprint density at radius 2 is 1.89 bits per heavy atom. The molecule has 0 radical (unpaired) electrons. The van der Waals surface area contributed by atoms with Gasteiger partial charge in [-0.05, 0) is 24.1 Å². The molecule has 0 bridgehead atoms. The normalized spacial score (nSPS) is 17.3. The molecule has 4 rings (SSSR count). The maximum absolute atomic E-state index is 12.7. The van der Waals surface area contributed by atoms with E-state index in [4.69, 9.17) is 0 Å². The average Bonchev–Trinajstić information content (AvgIpc) is 3.12. The number of hydrogen-bond donors (Lipinski definition) is 1. The van der Waals surface area contributed by atoms with Gasteiger partial charge in [-0.15, -0.1) is 0 Å². The summed E-state index contributed by atoms with van der Waals surface area (Å²) in [5.74, 6) is -0.395. The minimum atomic E-state index is -0.395. The first kappa shape index (κ1) is 17.4. The molecule has 0 unspecified atom stereocenters. The summed E-state index contributed by atoms with van der Waals surface area (Å²) < 4.78 is 1.48. The maximum Gasteiger partial charge on any atom is 0.282 e. The van der Waals surface area contributed by atoms with E-state index in [2.05, 4.69) is 27.3 Å². The Hall–Kier alpha value is -2.99. The zero-order valence-corrected chi connectivity index (χ0v) is 15.3. The fourth-order valence-electron chi connectivity index (χ4n) is 3.62. The summed E-state index contributed by atoms with van der Waals surface area (Å²) in [6.45, 7) is 2.56. The standard InChI is InChI=1S/C21H22N4O2/c1-24-18-10-6-5-9-17(18)23-19(21(24)27)20(26)22-16-11-12-25(14-16)13-15-7-3-2-4-8-15/h2-10,16H,11-14H2,1H3,(H,22,26)/t16-/m0/s1. The summed E-state index contributed by atoms with van der Waals surface area (Å²) in [4.78, 5) is 31.8. The van der Waals surface area contributed by atoms with E-state index >= 15 is 0 Å². The van der Waals surface area contributed by atoms with Crippen molar-refractivity contribution in [2.75, 3.05) is 13.1 Å². The maximum atomic E-state index is 12.7. The van der Waals surface area contributed by atoms with Crippen LogP contribution in [-0.4, -0.2) is 39.5 Å². The van der Waals surface area contributed by atoms with Gasteiger partial charge in [0.2, 0.25) is 0 Å². The van der Waals surface area contributed by atoms with E-state index in [-0.39, 0.29) is 17.3 Å². The molecule has 1 aliphatic rings. The van der Waals surface area contributed by atoms with E-state index in [9.17, 15) is 9.59 Å². The average molecular weight is 362 g/mol. The molecule has 1 fully saturated rings. The van der Waals surface area contributed by atoms with Crippen LogP contribution in [0.3, 0.4) is 0 Å². The van der Waals surface area contributed by atoms with Crippen molar-refractivity contribution in [3.63, 3.8) is 0 Å². The van der Waals surface area contributed by atoms with Gasteiger partial charge in [0.05, 0.1) is 11.0 Å². The van der Waals surface area contributed by atoms with Crippen LogP contribution in [0.5, 0.6) is 0 Å². The van der Waals surface area contributed by atoms with Gasteiger partial charge in [-0.1, -0.05) is 42.5 Å². The smallest absolute Gasteiger partial charge is 0.282 e. The second-order valence-electron chi connectivity index (χ2n) is 6.99. The molecule has 1 amide bonds. The van der Waals surface area contributed by atoms with Crippen LogP contribution in [-0.2, 0) is 13.6 Å². The molecule has 138 valence electrons. The molecule has 27 heavy (non-hydrogen) atoms. The lowest BCUT2D eigenvalue weighted by Gasteiger charge is -2.17. The summed E-state index contributed by atoms with van der Waals surface area (Å²) in [5.41, 5.74) is 2.20. The molecule has 1 aromatic heterocycles. The highest BCUT2D eigenvalue weighted by Gasteiger charge is 2.26. The van der Waals surface area contributed by atoms with Crippen LogP contribution in [0, 0.1) is 0 Å². The Morgan fingerprint density at radius 1 is 1.15 bits per heavy atom. The van der Waals surface area contributed by atoms with E-state index < -0.39 is 5.91 Å². The number of benzene rings is 2. The molecule has 0 aliphatic carbocycles. The number of nitrogens with one attached hydrogen (secondary N) is 1. The molecule has 6 nitrogen and oxygen atoms in total. The number of hydrogen-bond acceptors (Lipinski definition) is 4. The molecule has 0 saturated carbocycles. The molecule has 1 N–H and O–H groups in total. The predicted molar refractivity (Wildman–Crippen MR) is 105 cm³/mol. The van der Waals surface area contributed by atoms with Crippen molar-refractivity contribution in [2.24, 2.45) is 7.05 Å². The van der Waals surface area contributed by atoms with E-state index in [1.54, 1.807) is 7.05 Å². The Morgan fingerprint density at radius 3 is 2.70 bits per heavy atom. The number of aryl methyl sites for hydroxylation is 1. The molecule has 1 atom stereocenters. The van der Waals surface area contributed by atoms with Crippen molar-refractivity contribution in [1.29, 1.82) is 0 Å². The molecule has 1 aliphatic heterocycles. The molecule has 0 spiro atoms. The number of fused-ring (bicyclic) bond motifs is 1. The quantitative estimate of drug-likeness (QED) is 0.770. The first-order valence-corrected chi connectivity index (χ1v) is 9.15. The van der Waals surface area contributed by atoms with Gasteiger partial charge >= 0.3 is 0 Å². The predicted octanol–water partition coefficient (Wildman–Crippen LogP) is 1.94. The van der Waals surface area contributed by atoms with Crippen molar-refractivity contribution in [1.82, 2.24) is 19.8 Å². The highest BCUT2D eigenvalue weighted by atomic mass is 16.2. The second kappa shape index (κ2) is 7.32. The van der Waals surface area contributed by atoms with Crippen LogP contribution in [0.2, 0.25) is 0 Å². The number of para-hydroxylation sites is 2. The number of aromatic nitrogens is 2. The number of likely N-dealkylation sites (tertiary alicyclic amines) is 1. The molecule has 2 aromatic carbocycles. The number of rotatable bonds is 4. The number of carbonyl (C=O) groups excluding carboxylic acids is 1. The van der Waals surface area contributed by atoms with Crippen molar-refractivity contribution >= 4 is 16.9 Å². The SMILES string of the molecule is Cn1c(=O)c(C(=O)N[C@H]2CCN(Cc3ccccc3)C2)nc2ccccc21. The van der Waals surface area contributed by atoms with Crippen LogP contribution >= 0.6 is 0 Å². The lowest BCUT2D eigenvalue weighted by molar-refractivity contribution is 0.0930. The van der Waals surface area contributed by atoms with Crippen LogP contribution in [0.15, 0.2) is 59.4 Å². The van der Waals surface area contributed by atoms with Gasteiger partial charge in [0.15, 0.2) is 5.69 Å². The van der Waals surface area contributed by atoms with Gasteiger partial charge in [0.25, 0.3) is 11.5 Å². The van der Waals surface area contributed by atoms with Crippen molar-refractivity contribution in [2.45, 2.75) is 19.0 Å².